The minimum Gasteiger partial charge on any atom is -0.359 e. The largest absolute Gasteiger partial charge is 0.359 e. The van der Waals surface area contributed by atoms with Crippen LogP contribution in [-0.4, -0.2) is 23.4 Å². The Bertz CT molecular complexity index is 389. The number of carbonyl (C=O) groups is 2. The van der Waals surface area contributed by atoms with Gasteiger partial charge in [0.25, 0.3) is 0 Å². The van der Waals surface area contributed by atoms with E-state index >= 15 is 0 Å². The first-order valence-electron chi connectivity index (χ1n) is 4.34. The van der Waals surface area contributed by atoms with E-state index < -0.39 is 0 Å². The summed E-state index contributed by atoms with van der Waals surface area (Å²) in [7, 11) is 0. The van der Waals surface area contributed by atoms with Crippen molar-refractivity contribution in [3.8, 4) is 0 Å². The number of anilines is 1. The molecular weight excluding hydrogens is 184 g/mol. The number of rotatable bonds is 1. The Kier molecular flexibility index (Phi) is 1.87. The molecule has 0 N–H and O–H groups in total. The van der Waals surface area contributed by atoms with Gasteiger partial charge in [0.15, 0.2) is 11.5 Å². The predicted molar refractivity (Wildman–Crippen MR) is 48.0 cm³/mol. The lowest BCUT2D eigenvalue weighted by Crippen LogP contribution is -2.25. The molecular formula is C9H10N2O3. The molecule has 14 heavy (non-hydrogen) atoms. The van der Waals surface area contributed by atoms with Crippen molar-refractivity contribution in [2.45, 2.75) is 20.3 Å². The van der Waals surface area contributed by atoms with Crippen molar-refractivity contribution in [1.29, 1.82) is 0 Å². The van der Waals surface area contributed by atoms with Crippen molar-refractivity contribution < 1.29 is 14.1 Å². The third-order valence-corrected chi connectivity index (χ3v) is 2.25. The summed E-state index contributed by atoms with van der Waals surface area (Å²) in [6, 6.07) is 0. The van der Waals surface area contributed by atoms with Crippen LogP contribution in [0.5, 0.6) is 0 Å². The van der Waals surface area contributed by atoms with Crippen LogP contribution < -0.4 is 4.90 Å². The SMILES string of the molecule is Cc1noc(C)c1N1CC(=O)CC1=O. The maximum Gasteiger partial charge on any atom is 0.235 e. The molecule has 1 aromatic heterocycles. The number of Topliss-reactive ketones (excluding diaryl/α,β-unsaturated/α-hetero) is 1. The van der Waals surface area contributed by atoms with Gasteiger partial charge in [0, 0.05) is 0 Å². The van der Waals surface area contributed by atoms with Gasteiger partial charge in [-0.25, -0.2) is 0 Å². The molecule has 5 heteroatoms. The van der Waals surface area contributed by atoms with E-state index in [0.29, 0.717) is 17.1 Å². The number of ketones is 1. The molecule has 5 nitrogen and oxygen atoms in total. The number of hydrogen-bond acceptors (Lipinski definition) is 4. The van der Waals surface area contributed by atoms with Crippen LogP contribution in [0.15, 0.2) is 4.52 Å². The van der Waals surface area contributed by atoms with Crippen LogP contribution >= 0.6 is 0 Å². The van der Waals surface area contributed by atoms with E-state index in [1.54, 1.807) is 13.8 Å². The Labute approximate surface area is 80.7 Å². The first kappa shape index (κ1) is 8.93. The number of amides is 1. The van der Waals surface area contributed by atoms with Crippen LogP contribution in [0.3, 0.4) is 0 Å². The Morgan fingerprint density at radius 2 is 2.07 bits per heavy atom. The molecule has 0 aromatic carbocycles. The molecule has 0 radical (unpaired) electrons. The van der Waals surface area contributed by atoms with Gasteiger partial charge < -0.3 is 4.52 Å². The molecule has 1 fully saturated rings. The van der Waals surface area contributed by atoms with E-state index in [9.17, 15) is 9.59 Å². The second-order valence-corrected chi connectivity index (χ2v) is 3.37. The second-order valence-electron chi connectivity index (χ2n) is 3.37. The van der Waals surface area contributed by atoms with Crippen LogP contribution in [0.1, 0.15) is 17.9 Å². The zero-order valence-electron chi connectivity index (χ0n) is 8.03. The van der Waals surface area contributed by atoms with Crippen molar-refractivity contribution in [2.75, 3.05) is 11.4 Å². The molecule has 0 spiro atoms. The molecule has 2 rings (SSSR count). The van der Waals surface area contributed by atoms with E-state index in [0.717, 1.165) is 0 Å². The van der Waals surface area contributed by atoms with Crippen LogP contribution in [-0.2, 0) is 9.59 Å². The summed E-state index contributed by atoms with van der Waals surface area (Å²) < 4.78 is 4.94. The first-order valence-corrected chi connectivity index (χ1v) is 4.34. The summed E-state index contributed by atoms with van der Waals surface area (Å²) in [6.07, 6.45) is -0.00986. The lowest BCUT2D eigenvalue weighted by molar-refractivity contribution is -0.121. The summed E-state index contributed by atoms with van der Waals surface area (Å²) in [5.74, 6) is 0.338. The molecule has 1 amide bonds. The van der Waals surface area contributed by atoms with E-state index in [4.69, 9.17) is 4.52 Å². The van der Waals surface area contributed by atoms with E-state index in [1.807, 2.05) is 0 Å². The average molecular weight is 194 g/mol. The van der Waals surface area contributed by atoms with E-state index in [1.165, 1.54) is 4.90 Å². The van der Waals surface area contributed by atoms with Crippen molar-refractivity contribution in [2.24, 2.45) is 0 Å². The van der Waals surface area contributed by atoms with Gasteiger partial charge in [-0.05, 0) is 13.8 Å². The summed E-state index contributed by atoms with van der Waals surface area (Å²) in [6.45, 7) is 3.62. The van der Waals surface area contributed by atoms with Crippen molar-refractivity contribution >= 4 is 17.4 Å². The summed E-state index contributed by atoms with van der Waals surface area (Å²) in [4.78, 5) is 23.9. The fourth-order valence-corrected chi connectivity index (χ4v) is 1.65. The third kappa shape index (κ3) is 1.21. The number of aromatic nitrogens is 1. The summed E-state index contributed by atoms with van der Waals surface area (Å²) >= 11 is 0. The van der Waals surface area contributed by atoms with Gasteiger partial charge in [0.1, 0.15) is 11.4 Å². The predicted octanol–water partition coefficient (Wildman–Crippen LogP) is 0.597. The quantitative estimate of drug-likeness (QED) is 0.614. The second kappa shape index (κ2) is 2.94. The molecule has 0 bridgehead atoms. The smallest absolute Gasteiger partial charge is 0.235 e. The average Bonchev–Trinajstić information content (AvgIpc) is 2.57. The molecule has 0 saturated carbocycles. The summed E-state index contributed by atoms with van der Waals surface area (Å²) in [5, 5.41) is 3.74. The molecule has 1 saturated heterocycles. The molecule has 1 aromatic rings. The Morgan fingerprint density at radius 3 is 2.50 bits per heavy atom. The van der Waals surface area contributed by atoms with Crippen LogP contribution in [0.4, 0.5) is 5.69 Å². The minimum atomic E-state index is -0.176. The van der Waals surface area contributed by atoms with Gasteiger partial charge in [-0.2, -0.15) is 0 Å². The molecule has 0 unspecified atom stereocenters. The molecule has 1 aliphatic rings. The van der Waals surface area contributed by atoms with Crippen LogP contribution in [0.2, 0.25) is 0 Å². The maximum atomic E-state index is 11.4. The highest BCUT2D eigenvalue weighted by molar-refractivity contribution is 6.15. The van der Waals surface area contributed by atoms with Crippen molar-refractivity contribution in [3.63, 3.8) is 0 Å². The minimum absolute atomic E-state index is 0.00986. The zero-order chi connectivity index (χ0) is 10.3. The fraction of sp³-hybridized carbons (Fsp3) is 0.444. The zero-order valence-corrected chi connectivity index (χ0v) is 8.03. The van der Waals surface area contributed by atoms with Gasteiger partial charge in [0.2, 0.25) is 5.91 Å². The summed E-state index contributed by atoms with van der Waals surface area (Å²) in [5.41, 5.74) is 1.28. The highest BCUT2D eigenvalue weighted by Crippen LogP contribution is 2.26. The molecule has 0 aliphatic carbocycles. The van der Waals surface area contributed by atoms with Crippen LogP contribution in [0, 0.1) is 13.8 Å². The standard InChI is InChI=1S/C9H10N2O3/c1-5-9(6(2)14-10-5)11-4-7(12)3-8(11)13/h3-4H2,1-2H3. The fourth-order valence-electron chi connectivity index (χ4n) is 1.65. The molecule has 2 heterocycles. The molecule has 74 valence electrons. The topological polar surface area (TPSA) is 63.4 Å². The Hall–Kier alpha value is -1.65. The van der Waals surface area contributed by atoms with Gasteiger partial charge in [-0.1, -0.05) is 5.16 Å². The highest BCUT2D eigenvalue weighted by Gasteiger charge is 2.32. The van der Waals surface area contributed by atoms with Crippen LogP contribution in [0.25, 0.3) is 0 Å². The van der Waals surface area contributed by atoms with Gasteiger partial charge in [0.05, 0.1) is 13.0 Å². The van der Waals surface area contributed by atoms with Gasteiger partial charge >= 0.3 is 0 Å². The molecule has 1 aliphatic heterocycles. The highest BCUT2D eigenvalue weighted by atomic mass is 16.5. The van der Waals surface area contributed by atoms with Crippen molar-refractivity contribution in [3.05, 3.63) is 11.5 Å². The van der Waals surface area contributed by atoms with Gasteiger partial charge in [-0.3, -0.25) is 14.5 Å². The monoisotopic (exact) mass is 194 g/mol. The lowest BCUT2D eigenvalue weighted by Gasteiger charge is -2.12. The number of hydrogen-bond donors (Lipinski definition) is 0. The van der Waals surface area contributed by atoms with Gasteiger partial charge in [-0.15, -0.1) is 0 Å². The lowest BCUT2D eigenvalue weighted by atomic mass is 10.3. The normalized spacial score (nSPS) is 16.9. The Morgan fingerprint density at radius 1 is 1.36 bits per heavy atom. The Balaban J connectivity index is 2.40. The number of carbonyl (C=O) groups excluding carboxylic acids is 2. The van der Waals surface area contributed by atoms with E-state index in [2.05, 4.69) is 5.16 Å². The first-order chi connectivity index (χ1) is 6.59. The third-order valence-electron chi connectivity index (χ3n) is 2.25. The van der Waals surface area contributed by atoms with Crippen molar-refractivity contribution in [1.82, 2.24) is 5.16 Å². The number of aryl methyl sites for hydroxylation is 2. The van der Waals surface area contributed by atoms with E-state index in [-0.39, 0.29) is 24.7 Å². The maximum absolute atomic E-state index is 11.4. The molecule has 0 atom stereocenters. The number of nitrogens with zero attached hydrogens (tertiary/aromatic N) is 2.